The van der Waals surface area contributed by atoms with E-state index in [9.17, 15) is 19.8 Å². The van der Waals surface area contributed by atoms with E-state index in [4.69, 9.17) is 0 Å². The number of phenols is 1. The molecule has 0 radical (unpaired) electrons. The van der Waals surface area contributed by atoms with Gasteiger partial charge >= 0.3 is 5.97 Å². The molecule has 0 aromatic heterocycles. The summed E-state index contributed by atoms with van der Waals surface area (Å²) in [6.07, 6.45) is 10.3. The van der Waals surface area contributed by atoms with Gasteiger partial charge in [-0.2, -0.15) is 0 Å². The molecule has 4 heteroatoms. The number of aliphatic carboxylic acids is 1. The average Bonchev–Trinajstić information content (AvgIpc) is 3.10. The first-order chi connectivity index (χ1) is 14.7. The maximum Gasteiger partial charge on any atom is 0.331 e. The fourth-order valence-electron chi connectivity index (χ4n) is 8.30. The molecule has 0 bridgehead atoms. The van der Waals surface area contributed by atoms with Gasteiger partial charge in [0.05, 0.1) is 0 Å². The molecular weight excluding hydrogens is 388 g/mol. The molecule has 3 fully saturated rings. The molecule has 0 aliphatic heterocycles. The van der Waals surface area contributed by atoms with Crippen molar-refractivity contribution in [3.63, 3.8) is 0 Å². The second kappa shape index (κ2) is 7.21. The summed E-state index contributed by atoms with van der Waals surface area (Å²) in [5.74, 6) is 2.02. The summed E-state index contributed by atoms with van der Waals surface area (Å²) in [5, 5.41) is 19.1. The van der Waals surface area contributed by atoms with Gasteiger partial charge in [-0.3, -0.25) is 4.79 Å². The van der Waals surface area contributed by atoms with E-state index in [0.29, 0.717) is 35.7 Å². The number of fused-ring (bicyclic) bond motifs is 5. The zero-order chi connectivity index (χ0) is 22.0. The van der Waals surface area contributed by atoms with E-state index >= 15 is 0 Å². The normalized spacial score (nSPS) is 41.5. The molecule has 4 aliphatic rings. The smallest absolute Gasteiger partial charge is 0.331 e. The maximum atomic E-state index is 13.4. The highest BCUT2D eigenvalue weighted by Gasteiger charge is 2.60. The predicted octanol–water partition coefficient (Wildman–Crippen LogP) is 5.85. The number of hydrogen-bond donors (Lipinski definition) is 2. The van der Waals surface area contributed by atoms with Gasteiger partial charge in [0, 0.05) is 17.1 Å². The van der Waals surface area contributed by atoms with Crippen LogP contribution >= 0.6 is 0 Å². The first-order valence-electron chi connectivity index (χ1n) is 12.0. The number of Topliss-reactive ketones (excluding diaryl/α,β-unsaturated/α-hetero) is 1. The number of hydrogen-bond acceptors (Lipinski definition) is 3. The Morgan fingerprint density at radius 2 is 1.61 bits per heavy atom. The molecule has 0 amide bonds. The van der Waals surface area contributed by atoms with Crippen LogP contribution < -0.4 is 0 Å². The minimum Gasteiger partial charge on any atom is -0.508 e. The number of benzene rings is 1. The fraction of sp³-hybridized carbons (Fsp3) is 0.630. The van der Waals surface area contributed by atoms with E-state index in [2.05, 4.69) is 19.9 Å². The van der Waals surface area contributed by atoms with Crippen molar-refractivity contribution < 1.29 is 19.8 Å². The van der Waals surface area contributed by atoms with Crippen molar-refractivity contribution in [2.24, 2.45) is 40.4 Å². The van der Waals surface area contributed by atoms with Crippen LogP contribution in [0.25, 0.3) is 0 Å². The van der Waals surface area contributed by atoms with Crippen molar-refractivity contribution in [3.8, 4) is 5.75 Å². The molecule has 0 heterocycles. The molecule has 4 nitrogen and oxygen atoms in total. The van der Waals surface area contributed by atoms with Gasteiger partial charge in [-0.1, -0.05) is 19.9 Å². The number of carboxylic acids is 1. The van der Waals surface area contributed by atoms with Crippen LogP contribution in [0.5, 0.6) is 5.75 Å². The third-order valence-corrected chi connectivity index (χ3v) is 10.0. The topological polar surface area (TPSA) is 74.6 Å². The van der Waals surface area contributed by atoms with Crippen molar-refractivity contribution in [3.05, 3.63) is 41.5 Å². The van der Waals surface area contributed by atoms with Gasteiger partial charge in [0.2, 0.25) is 0 Å². The van der Waals surface area contributed by atoms with E-state index in [0.717, 1.165) is 50.5 Å². The van der Waals surface area contributed by atoms with Gasteiger partial charge in [-0.15, -0.1) is 0 Å². The number of allylic oxidation sites excluding steroid dienone is 1. The van der Waals surface area contributed by atoms with Gasteiger partial charge < -0.3 is 10.2 Å². The van der Waals surface area contributed by atoms with Gasteiger partial charge in [0.15, 0.2) is 5.78 Å². The molecule has 166 valence electrons. The van der Waals surface area contributed by atoms with Crippen LogP contribution in [0, 0.1) is 40.4 Å². The monoisotopic (exact) mass is 422 g/mol. The van der Waals surface area contributed by atoms with E-state index in [1.807, 2.05) is 0 Å². The SMILES string of the molecule is C[C@]12CC[C@H]3[C@@H](CCC4C=C(C(=O)O)CC[C@@]43C)[C@@H]1CC[C@@H]2C(=O)c1ccc(O)cc1. The zero-order valence-electron chi connectivity index (χ0n) is 18.6. The Hall–Kier alpha value is -2.10. The Bertz CT molecular complexity index is 931. The number of rotatable bonds is 3. The molecule has 0 saturated heterocycles. The Morgan fingerprint density at radius 3 is 2.32 bits per heavy atom. The maximum absolute atomic E-state index is 13.4. The minimum absolute atomic E-state index is 0.0517. The number of ketones is 1. The lowest BCUT2D eigenvalue weighted by atomic mass is 9.45. The second-order valence-electron chi connectivity index (χ2n) is 11.1. The van der Waals surface area contributed by atoms with Crippen LogP contribution in [-0.2, 0) is 4.79 Å². The van der Waals surface area contributed by atoms with E-state index in [1.165, 1.54) is 0 Å². The van der Waals surface area contributed by atoms with Gasteiger partial charge in [0.25, 0.3) is 0 Å². The van der Waals surface area contributed by atoms with Crippen LogP contribution in [0.1, 0.15) is 75.6 Å². The van der Waals surface area contributed by atoms with Crippen molar-refractivity contribution in [1.82, 2.24) is 0 Å². The van der Waals surface area contributed by atoms with E-state index < -0.39 is 5.97 Å². The Morgan fingerprint density at radius 1 is 0.903 bits per heavy atom. The molecule has 2 N–H and O–H groups in total. The lowest BCUT2D eigenvalue weighted by Crippen LogP contribution is -2.53. The summed E-state index contributed by atoms with van der Waals surface area (Å²) in [5.41, 5.74) is 1.58. The molecular formula is C27H34O4. The molecule has 7 atom stereocenters. The highest BCUT2D eigenvalue weighted by atomic mass is 16.4. The van der Waals surface area contributed by atoms with Crippen LogP contribution in [0.4, 0.5) is 0 Å². The van der Waals surface area contributed by atoms with Crippen molar-refractivity contribution in [2.45, 2.75) is 65.2 Å². The average molecular weight is 423 g/mol. The number of carbonyl (C=O) groups excluding carboxylic acids is 1. The van der Waals surface area contributed by atoms with Gasteiger partial charge in [-0.25, -0.2) is 4.79 Å². The standard InChI is InChI=1S/C27H34O4/c1-26-13-11-17(25(30)31)15-18(26)5-8-20-21-9-10-23(27(21,2)14-12-22(20)26)24(29)16-3-6-19(28)7-4-16/h3-4,6-7,15,18,20-23,28H,5,8-14H2,1-2H3,(H,30,31)/t18?,20-,21-,22-,23+,26-,27-/m0/s1. The quantitative estimate of drug-likeness (QED) is 0.599. The van der Waals surface area contributed by atoms with Crippen LogP contribution in [0.3, 0.4) is 0 Å². The number of carbonyl (C=O) groups is 2. The second-order valence-corrected chi connectivity index (χ2v) is 11.1. The summed E-state index contributed by atoms with van der Waals surface area (Å²) in [6.45, 7) is 4.78. The number of phenolic OH excluding ortho intramolecular Hbond substituents is 1. The predicted molar refractivity (Wildman–Crippen MR) is 119 cm³/mol. The molecule has 3 saturated carbocycles. The van der Waals surface area contributed by atoms with Crippen LogP contribution in [0.2, 0.25) is 0 Å². The number of aromatic hydroxyl groups is 1. The summed E-state index contributed by atoms with van der Waals surface area (Å²) < 4.78 is 0. The lowest BCUT2D eigenvalue weighted by Gasteiger charge is -2.59. The molecule has 31 heavy (non-hydrogen) atoms. The lowest BCUT2D eigenvalue weighted by molar-refractivity contribution is -0.133. The first-order valence-corrected chi connectivity index (χ1v) is 12.0. The summed E-state index contributed by atoms with van der Waals surface area (Å²) in [6, 6.07) is 6.76. The summed E-state index contributed by atoms with van der Waals surface area (Å²) >= 11 is 0. The molecule has 1 aromatic carbocycles. The van der Waals surface area contributed by atoms with Crippen molar-refractivity contribution in [1.29, 1.82) is 0 Å². The number of carboxylic acid groups (broad SMARTS) is 1. The van der Waals surface area contributed by atoms with E-state index in [1.54, 1.807) is 24.3 Å². The van der Waals surface area contributed by atoms with Gasteiger partial charge in [0.1, 0.15) is 5.75 Å². The molecule has 1 aromatic rings. The highest BCUT2D eigenvalue weighted by Crippen LogP contribution is 2.67. The molecule has 1 unspecified atom stereocenters. The van der Waals surface area contributed by atoms with E-state index in [-0.39, 0.29) is 28.3 Å². The third-order valence-electron chi connectivity index (χ3n) is 10.0. The Kier molecular flexibility index (Phi) is 4.84. The third kappa shape index (κ3) is 3.08. The minimum atomic E-state index is -0.744. The summed E-state index contributed by atoms with van der Waals surface area (Å²) in [4.78, 5) is 25.0. The largest absolute Gasteiger partial charge is 0.508 e. The Labute approximate surface area is 184 Å². The fourth-order valence-corrected chi connectivity index (χ4v) is 8.30. The summed E-state index contributed by atoms with van der Waals surface area (Å²) in [7, 11) is 0. The van der Waals surface area contributed by atoms with Gasteiger partial charge in [-0.05, 0) is 110 Å². The van der Waals surface area contributed by atoms with Crippen LogP contribution in [-0.4, -0.2) is 22.0 Å². The highest BCUT2D eigenvalue weighted by molar-refractivity contribution is 5.98. The molecule has 0 spiro atoms. The first kappa shape index (κ1) is 20.8. The zero-order valence-corrected chi connectivity index (χ0v) is 18.6. The molecule has 5 rings (SSSR count). The Balaban J connectivity index is 1.40. The van der Waals surface area contributed by atoms with Crippen molar-refractivity contribution in [2.75, 3.05) is 0 Å². The molecule has 4 aliphatic carbocycles. The van der Waals surface area contributed by atoms with Crippen molar-refractivity contribution >= 4 is 11.8 Å². The van der Waals surface area contributed by atoms with Crippen LogP contribution in [0.15, 0.2) is 35.9 Å².